The minimum Gasteiger partial charge on any atom is -0.465 e. The smallest absolute Gasteiger partial charge is 0.416 e. The lowest BCUT2D eigenvalue weighted by Crippen LogP contribution is -2.42. The Morgan fingerprint density at radius 3 is 2.36 bits per heavy atom. The van der Waals surface area contributed by atoms with Crippen LogP contribution in [0.25, 0.3) is 28.1 Å². The number of piperidine rings is 1. The lowest BCUT2D eigenvalue weighted by molar-refractivity contribution is -0.137. The first-order chi connectivity index (χ1) is 21.3. The molecule has 8 nitrogen and oxygen atoms in total. The van der Waals surface area contributed by atoms with Crippen LogP contribution in [-0.2, 0) is 15.7 Å². The fourth-order valence-corrected chi connectivity index (χ4v) is 5.63. The highest BCUT2D eigenvalue weighted by Crippen LogP contribution is 2.40. The fraction of sp³-hybridized carbons (Fsp3) is 0.353. The lowest BCUT2D eigenvalue weighted by Gasteiger charge is -2.37. The molecule has 236 valence electrons. The number of esters is 1. The van der Waals surface area contributed by atoms with E-state index in [4.69, 9.17) is 9.47 Å². The summed E-state index contributed by atoms with van der Waals surface area (Å²) in [4.78, 5) is 27.5. The highest BCUT2D eigenvalue weighted by Gasteiger charge is 2.34. The second-order valence-electron chi connectivity index (χ2n) is 12.1. The molecular weight excluding hydrogens is 585 g/mol. The molecule has 0 radical (unpaired) electrons. The molecule has 4 aromatic rings. The van der Waals surface area contributed by atoms with Crippen molar-refractivity contribution >= 4 is 12.1 Å². The minimum atomic E-state index is -4.45. The molecule has 45 heavy (non-hydrogen) atoms. The second kappa shape index (κ2) is 12.4. The van der Waals surface area contributed by atoms with Crippen molar-refractivity contribution in [1.29, 1.82) is 0 Å². The van der Waals surface area contributed by atoms with Gasteiger partial charge in [0.25, 0.3) is 0 Å². The van der Waals surface area contributed by atoms with Crippen molar-refractivity contribution in [3.05, 3.63) is 89.1 Å². The monoisotopic (exact) mass is 620 g/mol. The number of halogens is 3. The molecule has 0 N–H and O–H groups in total. The fourth-order valence-electron chi connectivity index (χ4n) is 5.63. The summed E-state index contributed by atoms with van der Waals surface area (Å²) >= 11 is 0. The van der Waals surface area contributed by atoms with Gasteiger partial charge in [0.05, 0.1) is 36.2 Å². The van der Waals surface area contributed by atoms with E-state index < -0.39 is 29.4 Å². The third kappa shape index (κ3) is 6.87. The molecule has 11 heteroatoms. The van der Waals surface area contributed by atoms with E-state index in [0.717, 1.165) is 47.2 Å². The number of carbonyl (C=O) groups excluding carboxylic acids is 2. The van der Waals surface area contributed by atoms with Gasteiger partial charge in [0.2, 0.25) is 0 Å². The van der Waals surface area contributed by atoms with Crippen LogP contribution in [0.15, 0.2) is 66.9 Å². The molecule has 1 fully saturated rings. The zero-order chi connectivity index (χ0) is 32.5. The Labute approximate surface area is 259 Å². The molecule has 1 aliphatic heterocycles. The van der Waals surface area contributed by atoms with Gasteiger partial charge in [-0.25, -0.2) is 14.3 Å². The number of amides is 1. The molecule has 0 aliphatic carbocycles. The van der Waals surface area contributed by atoms with E-state index in [0.29, 0.717) is 35.5 Å². The first-order valence-corrected chi connectivity index (χ1v) is 14.7. The summed E-state index contributed by atoms with van der Waals surface area (Å²) in [6.07, 6.45) is -0.752. The summed E-state index contributed by atoms with van der Waals surface area (Å²) in [5.41, 5.74) is 3.80. The molecule has 0 saturated carbocycles. The van der Waals surface area contributed by atoms with Crippen LogP contribution in [-0.4, -0.2) is 51.2 Å². The highest BCUT2D eigenvalue weighted by atomic mass is 19.4. The predicted molar refractivity (Wildman–Crippen MR) is 163 cm³/mol. The van der Waals surface area contributed by atoms with Gasteiger partial charge in [-0.1, -0.05) is 29.5 Å². The third-order valence-corrected chi connectivity index (χ3v) is 7.82. The normalized spacial score (nSPS) is 15.6. The van der Waals surface area contributed by atoms with Gasteiger partial charge in [0.15, 0.2) is 0 Å². The molecule has 0 spiro atoms. The van der Waals surface area contributed by atoms with Crippen LogP contribution in [0, 0.1) is 6.92 Å². The van der Waals surface area contributed by atoms with Crippen molar-refractivity contribution in [2.75, 3.05) is 13.7 Å². The van der Waals surface area contributed by atoms with Crippen LogP contribution in [0.2, 0.25) is 0 Å². The number of benzene rings is 3. The summed E-state index contributed by atoms with van der Waals surface area (Å²) in [5, 5.41) is 8.65. The average molecular weight is 621 g/mol. The van der Waals surface area contributed by atoms with Crippen molar-refractivity contribution in [3.63, 3.8) is 0 Å². The van der Waals surface area contributed by atoms with Gasteiger partial charge in [0, 0.05) is 12.1 Å². The van der Waals surface area contributed by atoms with Crippen LogP contribution in [0.1, 0.15) is 73.1 Å². The van der Waals surface area contributed by atoms with E-state index in [1.54, 1.807) is 23.2 Å². The van der Waals surface area contributed by atoms with Crippen LogP contribution in [0.4, 0.5) is 18.0 Å². The molecule has 1 amide bonds. The van der Waals surface area contributed by atoms with E-state index in [2.05, 4.69) is 10.3 Å². The molecule has 1 unspecified atom stereocenters. The Morgan fingerprint density at radius 1 is 0.956 bits per heavy atom. The largest absolute Gasteiger partial charge is 0.465 e. The highest BCUT2D eigenvalue weighted by molar-refractivity contribution is 5.93. The molecule has 0 bridgehead atoms. The number of rotatable bonds is 5. The number of hydrogen-bond donors (Lipinski definition) is 0. The predicted octanol–water partition coefficient (Wildman–Crippen LogP) is 8.18. The maximum absolute atomic E-state index is 13.3. The quantitative estimate of drug-likeness (QED) is 0.209. The summed E-state index contributed by atoms with van der Waals surface area (Å²) < 4.78 is 51.6. The van der Waals surface area contributed by atoms with E-state index in [1.165, 1.54) is 23.9 Å². The molecule has 1 atom stereocenters. The number of carbonyl (C=O) groups is 2. The van der Waals surface area contributed by atoms with Gasteiger partial charge >= 0.3 is 18.2 Å². The Balaban J connectivity index is 1.62. The number of nitrogens with zero attached hydrogens (tertiary/aromatic N) is 4. The summed E-state index contributed by atoms with van der Waals surface area (Å²) in [5.74, 6) is -0.444. The van der Waals surface area contributed by atoms with Crippen molar-refractivity contribution in [3.8, 4) is 28.1 Å². The van der Waals surface area contributed by atoms with Crippen LogP contribution in [0.3, 0.4) is 0 Å². The van der Waals surface area contributed by atoms with Crippen LogP contribution < -0.4 is 0 Å². The van der Waals surface area contributed by atoms with Gasteiger partial charge in [-0.05, 0) is 106 Å². The maximum atomic E-state index is 13.3. The molecule has 3 aromatic carbocycles. The number of alkyl halides is 3. The Kier molecular flexibility index (Phi) is 8.73. The van der Waals surface area contributed by atoms with Crippen molar-refractivity contribution in [2.45, 2.75) is 64.8 Å². The van der Waals surface area contributed by atoms with Gasteiger partial charge in [-0.15, -0.1) is 5.10 Å². The molecule has 2 heterocycles. The maximum Gasteiger partial charge on any atom is 0.416 e. The average Bonchev–Trinajstić information content (AvgIpc) is 3.50. The van der Waals surface area contributed by atoms with E-state index in [9.17, 15) is 22.8 Å². The number of methoxy groups -OCH3 is 1. The summed E-state index contributed by atoms with van der Waals surface area (Å²) in [6, 6.07) is 15.6. The molecule has 5 rings (SSSR count). The van der Waals surface area contributed by atoms with Gasteiger partial charge in [-0.3, -0.25) is 0 Å². The number of likely N-dealkylation sites (tertiary alicyclic amines) is 1. The standard InChI is InChI=1S/C34H35F3N4O4/c1-21-25(9-8-10-26(21)31(42)44-5)22-12-17-27(30-11-6-7-18-40(30)32(43)45-33(2,3)4)28(19-22)29-20-41(39-38-29)24-15-13-23(14-16-24)34(35,36)37/h8-10,12-17,19-20,30H,6-7,11,18H2,1-5H3. The molecule has 1 aromatic heterocycles. The first-order valence-electron chi connectivity index (χ1n) is 14.7. The first kappa shape index (κ1) is 31.7. The Hall–Kier alpha value is -4.67. The van der Waals surface area contributed by atoms with Crippen LogP contribution in [0.5, 0.6) is 0 Å². The molecule has 1 aliphatic rings. The van der Waals surface area contributed by atoms with Gasteiger partial charge in [-0.2, -0.15) is 13.2 Å². The SMILES string of the molecule is COC(=O)c1cccc(-c2ccc(C3CCCCN3C(=O)OC(C)(C)C)c(-c3cn(-c4ccc(C(F)(F)F)cc4)nn3)c2)c1C. The Bertz CT molecular complexity index is 1710. The summed E-state index contributed by atoms with van der Waals surface area (Å²) in [6.45, 7) is 7.86. The van der Waals surface area contributed by atoms with Gasteiger partial charge in [0.1, 0.15) is 11.3 Å². The molecular formula is C34H35F3N4O4. The number of hydrogen-bond acceptors (Lipinski definition) is 6. The van der Waals surface area contributed by atoms with E-state index in [1.807, 2.05) is 52.0 Å². The zero-order valence-electron chi connectivity index (χ0n) is 25.8. The van der Waals surface area contributed by atoms with Gasteiger partial charge < -0.3 is 14.4 Å². The molecule has 1 saturated heterocycles. The zero-order valence-corrected chi connectivity index (χ0v) is 25.8. The second-order valence-corrected chi connectivity index (χ2v) is 12.1. The van der Waals surface area contributed by atoms with E-state index in [-0.39, 0.29) is 6.04 Å². The van der Waals surface area contributed by atoms with Crippen LogP contribution >= 0.6 is 0 Å². The number of aromatic nitrogens is 3. The third-order valence-electron chi connectivity index (χ3n) is 7.82. The minimum absolute atomic E-state index is 0.309. The van der Waals surface area contributed by atoms with Crippen molar-refractivity contribution < 1.29 is 32.2 Å². The van der Waals surface area contributed by atoms with Crippen molar-refractivity contribution in [1.82, 2.24) is 19.9 Å². The topological polar surface area (TPSA) is 86.5 Å². The number of ether oxygens (including phenoxy) is 2. The Morgan fingerprint density at radius 2 is 1.69 bits per heavy atom. The van der Waals surface area contributed by atoms with E-state index >= 15 is 0 Å². The lowest BCUT2D eigenvalue weighted by atomic mass is 9.87. The van der Waals surface area contributed by atoms with Crippen molar-refractivity contribution in [2.24, 2.45) is 0 Å². The summed E-state index contributed by atoms with van der Waals surface area (Å²) in [7, 11) is 1.34.